The Hall–Kier alpha value is -2.26. The number of hydrogen-bond donors (Lipinski definition) is 1. The number of hydrazone groups is 1. The number of aromatic nitrogens is 1. The van der Waals surface area contributed by atoms with Gasteiger partial charge in [-0.15, -0.1) is 11.3 Å². The minimum atomic E-state index is -3.47. The summed E-state index contributed by atoms with van der Waals surface area (Å²) >= 11 is 7.28. The second kappa shape index (κ2) is 9.26. The molecule has 4 rings (SSSR count). The van der Waals surface area contributed by atoms with Crippen molar-refractivity contribution >= 4 is 44.3 Å². The second-order valence-electron chi connectivity index (χ2n) is 6.95. The topological polar surface area (TPSA) is 74.7 Å². The van der Waals surface area contributed by atoms with Gasteiger partial charge in [-0.05, 0) is 42.7 Å². The number of hydrogen-bond acceptors (Lipinski definition) is 6. The lowest BCUT2D eigenvalue weighted by molar-refractivity contribution is 0.346. The molecule has 0 unspecified atom stereocenters. The number of thiazole rings is 1. The number of nitrogens with one attached hydrogen (secondary N) is 1. The molecule has 30 heavy (non-hydrogen) atoms. The van der Waals surface area contributed by atoms with Gasteiger partial charge in [-0.25, -0.2) is 13.4 Å². The van der Waals surface area contributed by atoms with Crippen molar-refractivity contribution in [1.82, 2.24) is 9.29 Å². The molecular weight excluding hydrogens is 440 g/mol. The van der Waals surface area contributed by atoms with Gasteiger partial charge < -0.3 is 0 Å². The first kappa shape index (κ1) is 21.0. The Labute approximate surface area is 185 Å². The molecule has 1 aliphatic rings. The Morgan fingerprint density at radius 2 is 1.87 bits per heavy atom. The molecule has 0 amide bonds. The molecule has 9 heteroatoms. The third-order valence-corrected chi connectivity index (χ3v) is 7.72. The van der Waals surface area contributed by atoms with Crippen LogP contribution >= 0.6 is 22.9 Å². The van der Waals surface area contributed by atoms with Crippen LogP contribution in [0.15, 0.2) is 63.9 Å². The zero-order valence-corrected chi connectivity index (χ0v) is 18.6. The highest BCUT2D eigenvalue weighted by atomic mass is 35.5. The monoisotopic (exact) mass is 460 g/mol. The molecule has 156 valence electrons. The van der Waals surface area contributed by atoms with Crippen LogP contribution in [0, 0.1) is 0 Å². The summed E-state index contributed by atoms with van der Waals surface area (Å²) < 4.78 is 27.5. The molecule has 2 aromatic carbocycles. The van der Waals surface area contributed by atoms with E-state index in [0.29, 0.717) is 33.8 Å². The van der Waals surface area contributed by atoms with Gasteiger partial charge in [0.05, 0.1) is 16.8 Å². The SMILES string of the molecule is O=S(=O)(c1cccc(-c2csc(NN=Cc3ccc(Cl)cc3)n2)c1)N1CCCCC1. The molecule has 1 aromatic heterocycles. The predicted octanol–water partition coefficient (Wildman–Crippen LogP) is 5.08. The van der Waals surface area contributed by atoms with Gasteiger partial charge in [0.2, 0.25) is 15.2 Å². The van der Waals surface area contributed by atoms with E-state index in [1.54, 1.807) is 40.9 Å². The minimum Gasteiger partial charge on any atom is -0.253 e. The van der Waals surface area contributed by atoms with Gasteiger partial charge in [-0.2, -0.15) is 9.41 Å². The predicted molar refractivity (Wildman–Crippen MR) is 123 cm³/mol. The van der Waals surface area contributed by atoms with Gasteiger partial charge in [0.15, 0.2) is 0 Å². The number of nitrogens with zero attached hydrogens (tertiary/aromatic N) is 3. The Bertz CT molecular complexity index is 1140. The quantitative estimate of drug-likeness (QED) is 0.411. The van der Waals surface area contributed by atoms with E-state index in [-0.39, 0.29) is 0 Å². The minimum absolute atomic E-state index is 0.310. The highest BCUT2D eigenvalue weighted by Gasteiger charge is 2.26. The van der Waals surface area contributed by atoms with Crippen LogP contribution in [0.4, 0.5) is 5.13 Å². The molecule has 0 saturated carbocycles. The molecule has 0 radical (unpaired) electrons. The summed E-state index contributed by atoms with van der Waals surface area (Å²) in [5.74, 6) is 0. The number of anilines is 1. The molecule has 0 bridgehead atoms. The van der Waals surface area contributed by atoms with Crippen LogP contribution in [0.2, 0.25) is 5.02 Å². The molecule has 6 nitrogen and oxygen atoms in total. The highest BCUT2D eigenvalue weighted by Crippen LogP contribution is 2.28. The fourth-order valence-corrected chi connectivity index (χ4v) is 5.60. The largest absolute Gasteiger partial charge is 0.253 e. The molecule has 1 saturated heterocycles. The van der Waals surface area contributed by atoms with Crippen molar-refractivity contribution in [2.24, 2.45) is 5.10 Å². The summed E-state index contributed by atoms with van der Waals surface area (Å²) in [6.45, 7) is 1.17. The lowest BCUT2D eigenvalue weighted by Gasteiger charge is -2.26. The number of benzene rings is 2. The third kappa shape index (κ3) is 4.89. The summed E-state index contributed by atoms with van der Waals surface area (Å²) in [4.78, 5) is 4.84. The maximum absolute atomic E-state index is 12.9. The van der Waals surface area contributed by atoms with E-state index in [1.165, 1.54) is 11.3 Å². The van der Waals surface area contributed by atoms with E-state index in [4.69, 9.17) is 11.6 Å². The van der Waals surface area contributed by atoms with Crippen LogP contribution in [-0.4, -0.2) is 37.0 Å². The Morgan fingerprint density at radius 1 is 1.10 bits per heavy atom. The third-order valence-electron chi connectivity index (χ3n) is 4.83. The van der Waals surface area contributed by atoms with E-state index < -0.39 is 10.0 Å². The molecular formula is C21H21ClN4O2S2. The fourth-order valence-electron chi connectivity index (χ4n) is 3.24. The van der Waals surface area contributed by atoms with Crippen LogP contribution in [0.1, 0.15) is 24.8 Å². The zero-order valence-electron chi connectivity index (χ0n) is 16.2. The molecule has 1 fully saturated rings. The zero-order chi connectivity index (χ0) is 21.0. The van der Waals surface area contributed by atoms with E-state index in [9.17, 15) is 8.42 Å². The van der Waals surface area contributed by atoms with Crippen LogP contribution in [0.25, 0.3) is 11.3 Å². The van der Waals surface area contributed by atoms with Gasteiger partial charge in [-0.3, -0.25) is 5.43 Å². The molecule has 0 spiro atoms. The van der Waals surface area contributed by atoms with Crippen molar-refractivity contribution < 1.29 is 8.42 Å². The summed E-state index contributed by atoms with van der Waals surface area (Å²) in [5.41, 5.74) is 5.30. The number of sulfonamides is 1. The van der Waals surface area contributed by atoms with Gasteiger partial charge in [-0.1, -0.05) is 42.3 Å². The first-order valence-corrected chi connectivity index (χ1v) is 12.3. The van der Waals surface area contributed by atoms with E-state index in [0.717, 1.165) is 30.4 Å². The van der Waals surface area contributed by atoms with Crippen molar-refractivity contribution in [2.45, 2.75) is 24.2 Å². The molecule has 1 aliphatic heterocycles. The number of rotatable bonds is 6. The normalized spacial score (nSPS) is 15.5. The van der Waals surface area contributed by atoms with Crippen molar-refractivity contribution in [3.05, 3.63) is 64.5 Å². The highest BCUT2D eigenvalue weighted by molar-refractivity contribution is 7.89. The number of piperidine rings is 1. The Morgan fingerprint density at radius 3 is 2.63 bits per heavy atom. The summed E-state index contributed by atoms with van der Waals surface area (Å²) in [6, 6.07) is 14.3. The van der Waals surface area contributed by atoms with Crippen LogP contribution in [-0.2, 0) is 10.0 Å². The van der Waals surface area contributed by atoms with Crippen LogP contribution in [0.3, 0.4) is 0 Å². The Kier molecular flexibility index (Phi) is 6.48. The van der Waals surface area contributed by atoms with Gasteiger partial charge in [0.1, 0.15) is 0 Å². The smallest absolute Gasteiger partial charge is 0.243 e. The first-order chi connectivity index (χ1) is 14.5. The average Bonchev–Trinajstić information content (AvgIpc) is 3.25. The molecule has 3 aromatic rings. The van der Waals surface area contributed by atoms with E-state index >= 15 is 0 Å². The maximum atomic E-state index is 12.9. The summed E-state index contributed by atoms with van der Waals surface area (Å²) in [5, 5.41) is 7.38. The number of halogens is 1. The molecule has 0 atom stereocenters. The van der Waals surface area contributed by atoms with Gasteiger partial charge in [0, 0.05) is 29.1 Å². The molecule has 2 heterocycles. The van der Waals surface area contributed by atoms with Crippen molar-refractivity contribution in [3.8, 4) is 11.3 Å². The molecule has 1 N–H and O–H groups in total. The Balaban J connectivity index is 1.48. The molecule has 0 aliphatic carbocycles. The average molecular weight is 461 g/mol. The van der Waals surface area contributed by atoms with Crippen LogP contribution < -0.4 is 5.43 Å². The summed E-state index contributed by atoms with van der Waals surface area (Å²) in [6.07, 6.45) is 4.59. The lowest BCUT2D eigenvalue weighted by atomic mass is 10.2. The maximum Gasteiger partial charge on any atom is 0.243 e. The summed E-state index contributed by atoms with van der Waals surface area (Å²) in [7, 11) is -3.47. The first-order valence-electron chi connectivity index (χ1n) is 9.63. The van der Waals surface area contributed by atoms with Gasteiger partial charge in [0.25, 0.3) is 0 Å². The standard InChI is InChI=1S/C21H21ClN4O2S2/c22-18-9-7-16(8-10-18)14-23-25-21-24-20(15-29-21)17-5-4-6-19(13-17)30(27,28)26-11-2-1-3-12-26/h4-10,13-15H,1-3,11-12H2,(H,24,25). The van der Waals surface area contributed by atoms with Gasteiger partial charge >= 0.3 is 0 Å². The lowest BCUT2D eigenvalue weighted by Crippen LogP contribution is -2.35. The van der Waals surface area contributed by atoms with E-state index in [2.05, 4.69) is 15.5 Å². The van der Waals surface area contributed by atoms with Crippen molar-refractivity contribution in [3.63, 3.8) is 0 Å². The van der Waals surface area contributed by atoms with Crippen molar-refractivity contribution in [1.29, 1.82) is 0 Å². The van der Waals surface area contributed by atoms with Crippen molar-refractivity contribution in [2.75, 3.05) is 18.5 Å². The second-order valence-corrected chi connectivity index (χ2v) is 10.2. The fraction of sp³-hybridized carbons (Fsp3) is 0.238. The van der Waals surface area contributed by atoms with Crippen LogP contribution in [0.5, 0.6) is 0 Å². The van der Waals surface area contributed by atoms with E-state index in [1.807, 2.05) is 23.6 Å².